The SMILES string of the molecule is CC(C)(O)/C=C/C(CCc1ccccc1)n1cccc1. The first-order valence-corrected chi connectivity index (χ1v) is 7.13. The summed E-state index contributed by atoms with van der Waals surface area (Å²) in [6.45, 7) is 3.60. The molecule has 106 valence electrons. The molecule has 0 amide bonds. The van der Waals surface area contributed by atoms with Crippen molar-refractivity contribution in [3.05, 3.63) is 72.6 Å². The third-order valence-electron chi connectivity index (χ3n) is 3.31. The van der Waals surface area contributed by atoms with Crippen LogP contribution in [0, 0.1) is 0 Å². The van der Waals surface area contributed by atoms with Crippen molar-refractivity contribution in [2.24, 2.45) is 0 Å². The number of allylic oxidation sites excluding steroid dienone is 1. The molecule has 0 spiro atoms. The molecule has 2 aromatic rings. The molecule has 0 saturated carbocycles. The van der Waals surface area contributed by atoms with Gasteiger partial charge in [-0.3, -0.25) is 0 Å². The van der Waals surface area contributed by atoms with Gasteiger partial charge in [0.15, 0.2) is 0 Å². The molecule has 0 saturated heterocycles. The van der Waals surface area contributed by atoms with Crippen molar-refractivity contribution in [2.45, 2.75) is 38.3 Å². The molecule has 2 rings (SSSR count). The fraction of sp³-hybridized carbons (Fsp3) is 0.333. The number of benzene rings is 1. The highest BCUT2D eigenvalue weighted by atomic mass is 16.3. The molecule has 1 atom stereocenters. The van der Waals surface area contributed by atoms with Crippen LogP contribution in [0.15, 0.2) is 67.0 Å². The minimum absolute atomic E-state index is 0.275. The van der Waals surface area contributed by atoms with E-state index in [0.717, 1.165) is 12.8 Å². The Labute approximate surface area is 121 Å². The van der Waals surface area contributed by atoms with E-state index < -0.39 is 5.60 Å². The van der Waals surface area contributed by atoms with E-state index in [4.69, 9.17) is 0 Å². The van der Waals surface area contributed by atoms with E-state index in [1.165, 1.54) is 5.56 Å². The summed E-state index contributed by atoms with van der Waals surface area (Å²) in [5.41, 5.74) is 0.583. The second-order valence-corrected chi connectivity index (χ2v) is 5.73. The molecule has 2 heteroatoms. The summed E-state index contributed by atoms with van der Waals surface area (Å²) < 4.78 is 2.19. The lowest BCUT2D eigenvalue weighted by Crippen LogP contribution is -2.15. The monoisotopic (exact) mass is 269 g/mol. The normalized spacial score (nSPS) is 13.8. The quantitative estimate of drug-likeness (QED) is 0.788. The Bertz CT molecular complexity index is 520. The summed E-state index contributed by atoms with van der Waals surface area (Å²) >= 11 is 0. The summed E-state index contributed by atoms with van der Waals surface area (Å²) in [7, 11) is 0. The van der Waals surface area contributed by atoms with Crippen LogP contribution < -0.4 is 0 Å². The van der Waals surface area contributed by atoms with Gasteiger partial charge in [-0.2, -0.15) is 0 Å². The Morgan fingerprint density at radius 2 is 1.75 bits per heavy atom. The fourth-order valence-corrected chi connectivity index (χ4v) is 2.22. The molecule has 0 fully saturated rings. The third-order valence-corrected chi connectivity index (χ3v) is 3.31. The van der Waals surface area contributed by atoms with E-state index in [1.54, 1.807) is 13.8 Å². The Kier molecular flexibility index (Phi) is 4.80. The lowest BCUT2D eigenvalue weighted by molar-refractivity contribution is 0.132. The highest BCUT2D eigenvalue weighted by molar-refractivity contribution is 5.15. The Hall–Kier alpha value is -1.80. The summed E-state index contributed by atoms with van der Waals surface area (Å²) in [4.78, 5) is 0. The van der Waals surface area contributed by atoms with Crippen molar-refractivity contribution >= 4 is 0 Å². The van der Waals surface area contributed by atoms with Crippen LogP contribution in [0.4, 0.5) is 0 Å². The Balaban J connectivity index is 2.06. The maximum Gasteiger partial charge on any atom is 0.0772 e. The first kappa shape index (κ1) is 14.6. The highest BCUT2D eigenvalue weighted by Gasteiger charge is 2.11. The van der Waals surface area contributed by atoms with Crippen molar-refractivity contribution in [2.75, 3.05) is 0 Å². The summed E-state index contributed by atoms with van der Waals surface area (Å²) in [6.07, 6.45) is 10.2. The van der Waals surface area contributed by atoms with Crippen LogP contribution in [-0.2, 0) is 6.42 Å². The standard InChI is InChI=1S/C18H23NO/c1-18(2,20)13-12-17(19-14-6-7-15-19)11-10-16-8-4-3-5-9-16/h3-9,12-15,17,20H,10-11H2,1-2H3/b13-12+. The molecule has 20 heavy (non-hydrogen) atoms. The van der Waals surface area contributed by atoms with E-state index in [9.17, 15) is 5.11 Å². The zero-order valence-corrected chi connectivity index (χ0v) is 12.2. The number of aromatic nitrogens is 1. The Morgan fingerprint density at radius 3 is 2.35 bits per heavy atom. The average Bonchev–Trinajstić information content (AvgIpc) is 2.93. The van der Waals surface area contributed by atoms with Gasteiger partial charge in [0.1, 0.15) is 0 Å². The second-order valence-electron chi connectivity index (χ2n) is 5.73. The molecule has 2 nitrogen and oxygen atoms in total. The van der Waals surface area contributed by atoms with Gasteiger partial charge in [0.05, 0.1) is 11.6 Å². The number of hydrogen-bond donors (Lipinski definition) is 1. The predicted molar refractivity (Wildman–Crippen MR) is 83.7 cm³/mol. The molecule has 1 aromatic heterocycles. The van der Waals surface area contributed by atoms with E-state index in [-0.39, 0.29) is 6.04 Å². The number of nitrogens with zero attached hydrogens (tertiary/aromatic N) is 1. The molecule has 0 bridgehead atoms. The van der Waals surface area contributed by atoms with E-state index in [0.29, 0.717) is 0 Å². The largest absolute Gasteiger partial charge is 0.386 e. The zero-order valence-electron chi connectivity index (χ0n) is 12.2. The lowest BCUT2D eigenvalue weighted by Gasteiger charge is -2.18. The van der Waals surface area contributed by atoms with Crippen LogP contribution in [0.5, 0.6) is 0 Å². The lowest BCUT2D eigenvalue weighted by atomic mass is 10.0. The minimum Gasteiger partial charge on any atom is -0.386 e. The van der Waals surface area contributed by atoms with Gasteiger partial charge < -0.3 is 9.67 Å². The van der Waals surface area contributed by atoms with Gasteiger partial charge in [-0.1, -0.05) is 42.5 Å². The highest BCUT2D eigenvalue weighted by Crippen LogP contribution is 2.19. The van der Waals surface area contributed by atoms with Crippen LogP contribution in [0.25, 0.3) is 0 Å². The van der Waals surface area contributed by atoms with Gasteiger partial charge in [-0.25, -0.2) is 0 Å². The number of aryl methyl sites for hydroxylation is 1. The molecule has 0 aliphatic heterocycles. The molecule has 1 N–H and O–H groups in total. The number of aliphatic hydroxyl groups is 1. The minimum atomic E-state index is -0.766. The molecule has 0 radical (unpaired) electrons. The number of hydrogen-bond acceptors (Lipinski definition) is 1. The first-order valence-electron chi connectivity index (χ1n) is 7.13. The van der Waals surface area contributed by atoms with Gasteiger partial charge in [0, 0.05) is 12.4 Å². The van der Waals surface area contributed by atoms with Gasteiger partial charge in [0.25, 0.3) is 0 Å². The van der Waals surface area contributed by atoms with Crippen molar-refractivity contribution in [1.29, 1.82) is 0 Å². The fourth-order valence-electron chi connectivity index (χ4n) is 2.22. The first-order chi connectivity index (χ1) is 9.54. The average molecular weight is 269 g/mol. The number of rotatable bonds is 6. The molecule has 0 aliphatic rings. The molecular formula is C18H23NO. The van der Waals surface area contributed by atoms with E-state index in [2.05, 4.69) is 47.3 Å². The van der Waals surface area contributed by atoms with Crippen LogP contribution in [0.3, 0.4) is 0 Å². The second kappa shape index (κ2) is 6.58. The van der Waals surface area contributed by atoms with Crippen LogP contribution in [0.2, 0.25) is 0 Å². The molecule has 0 aliphatic carbocycles. The van der Waals surface area contributed by atoms with Gasteiger partial charge in [-0.05, 0) is 44.4 Å². The smallest absolute Gasteiger partial charge is 0.0772 e. The van der Waals surface area contributed by atoms with E-state index in [1.807, 2.05) is 24.3 Å². The zero-order chi connectivity index (χ0) is 14.4. The Morgan fingerprint density at radius 1 is 1.10 bits per heavy atom. The van der Waals surface area contributed by atoms with Crippen molar-refractivity contribution in [1.82, 2.24) is 4.57 Å². The van der Waals surface area contributed by atoms with Crippen molar-refractivity contribution in [3.63, 3.8) is 0 Å². The molecule has 1 heterocycles. The maximum atomic E-state index is 9.85. The van der Waals surface area contributed by atoms with Crippen LogP contribution in [-0.4, -0.2) is 15.3 Å². The van der Waals surface area contributed by atoms with Crippen LogP contribution in [0.1, 0.15) is 31.9 Å². The topological polar surface area (TPSA) is 25.2 Å². The molecule has 1 aromatic carbocycles. The van der Waals surface area contributed by atoms with Crippen molar-refractivity contribution < 1.29 is 5.11 Å². The van der Waals surface area contributed by atoms with Crippen molar-refractivity contribution in [3.8, 4) is 0 Å². The molecular weight excluding hydrogens is 246 g/mol. The van der Waals surface area contributed by atoms with E-state index >= 15 is 0 Å². The van der Waals surface area contributed by atoms with Gasteiger partial charge >= 0.3 is 0 Å². The third kappa shape index (κ3) is 4.71. The summed E-state index contributed by atoms with van der Waals surface area (Å²) in [5.74, 6) is 0. The predicted octanol–water partition coefficient (Wildman–Crippen LogP) is 3.99. The van der Waals surface area contributed by atoms with Gasteiger partial charge in [-0.15, -0.1) is 0 Å². The van der Waals surface area contributed by atoms with Gasteiger partial charge in [0.2, 0.25) is 0 Å². The van der Waals surface area contributed by atoms with Crippen LogP contribution >= 0.6 is 0 Å². The summed E-state index contributed by atoms with van der Waals surface area (Å²) in [6, 6.07) is 14.9. The summed E-state index contributed by atoms with van der Waals surface area (Å²) in [5, 5.41) is 9.85. The maximum absolute atomic E-state index is 9.85. The molecule has 1 unspecified atom stereocenters.